The molecule has 22 heavy (non-hydrogen) atoms. The minimum Gasteiger partial charge on any atom is -0.478 e. The number of benzene rings is 1. The summed E-state index contributed by atoms with van der Waals surface area (Å²) in [4.78, 5) is 23.1. The number of hydrogen-bond acceptors (Lipinski definition) is 3. The highest BCUT2D eigenvalue weighted by atomic mass is 16.4. The Morgan fingerprint density at radius 3 is 2.36 bits per heavy atom. The second-order valence-electron chi connectivity index (χ2n) is 4.99. The van der Waals surface area contributed by atoms with Crippen molar-refractivity contribution in [2.24, 2.45) is 0 Å². The van der Waals surface area contributed by atoms with Crippen LogP contribution in [0.2, 0.25) is 0 Å². The number of carbonyl (C=O) groups excluding carboxylic acids is 1. The molecule has 2 aromatic rings. The number of rotatable bonds is 5. The van der Waals surface area contributed by atoms with Crippen LogP contribution < -0.4 is 0 Å². The zero-order valence-corrected chi connectivity index (χ0v) is 12.8. The van der Waals surface area contributed by atoms with Crippen molar-refractivity contribution in [1.29, 1.82) is 0 Å². The monoisotopic (exact) mass is 298 g/mol. The van der Waals surface area contributed by atoms with E-state index in [2.05, 4.69) is 5.10 Å². The first-order chi connectivity index (χ1) is 10.4. The maximum atomic E-state index is 12.3. The Morgan fingerprint density at radius 1 is 1.23 bits per heavy atom. The van der Waals surface area contributed by atoms with Gasteiger partial charge >= 0.3 is 5.97 Å². The minimum atomic E-state index is -0.968. The van der Waals surface area contributed by atoms with Gasteiger partial charge < -0.3 is 5.11 Å². The van der Waals surface area contributed by atoms with Crippen LogP contribution in [0.5, 0.6) is 0 Å². The van der Waals surface area contributed by atoms with Crippen LogP contribution in [0.25, 0.3) is 6.08 Å². The number of allylic oxidation sites excluding steroid dienone is 1. The molecule has 1 aromatic heterocycles. The van der Waals surface area contributed by atoms with E-state index in [1.807, 2.05) is 20.8 Å². The fraction of sp³-hybridized carbons (Fsp3) is 0.235. The van der Waals surface area contributed by atoms with Crippen LogP contribution in [-0.2, 0) is 6.54 Å². The van der Waals surface area contributed by atoms with Crippen molar-refractivity contribution < 1.29 is 14.7 Å². The van der Waals surface area contributed by atoms with E-state index in [1.165, 1.54) is 18.2 Å². The van der Waals surface area contributed by atoms with Gasteiger partial charge in [0.1, 0.15) is 0 Å². The third-order valence-electron chi connectivity index (χ3n) is 3.51. The number of ketones is 1. The van der Waals surface area contributed by atoms with Gasteiger partial charge in [-0.15, -0.1) is 0 Å². The highest BCUT2D eigenvalue weighted by Gasteiger charge is 2.15. The van der Waals surface area contributed by atoms with Crippen molar-refractivity contribution >= 4 is 17.8 Å². The van der Waals surface area contributed by atoms with Gasteiger partial charge in [-0.2, -0.15) is 5.10 Å². The summed E-state index contributed by atoms with van der Waals surface area (Å²) in [6, 6.07) is 6.36. The summed E-state index contributed by atoms with van der Waals surface area (Å²) in [6.07, 6.45) is 3.17. The first kappa shape index (κ1) is 15.7. The molecule has 2 rings (SSSR count). The molecule has 0 aliphatic rings. The Balaban J connectivity index is 2.21. The van der Waals surface area contributed by atoms with Gasteiger partial charge in [0.2, 0.25) is 0 Å². The van der Waals surface area contributed by atoms with E-state index < -0.39 is 5.97 Å². The Labute approximate surface area is 128 Å². The number of aryl methyl sites for hydroxylation is 2. The average molecular weight is 298 g/mol. The van der Waals surface area contributed by atoms with E-state index in [1.54, 1.807) is 22.9 Å². The smallest absolute Gasteiger partial charge is 0.335 e. The molecule has 0 atom stereocenters. The molecule has 5 heteroatoms. The molecule has 0 fully saturated rings. The Morgan fingerprint density at radius 2 is 1.86 bits per heavy atom. The summed E-state index contributed by atoms with van der Waals surface area (Å²) in [6.45, 7) is 6.40. The summed E-state index contributed by atoms with van der Waals surface area (Å²) in [5, 5.41) is 13.2. The van der Waals surface area contributed by atoms with Crippen LogP contribution >= 0.6 is 0 Å². The fourth-order valence-corrected chi connectivity index (χ4v) is 2.35. The van der Waals surface area contributed by atoms with Crippen molar-refractivity contribution in [3.63, 3.8) is 0 Å². The summed E-state index contributed by atoms with van der Waals surface area (Å²) >= 11 is 0. The topological polar surface area (TPSA) is 72.2 Å². The zero-order valence-electron chi connectivity index (χ0n) is 12.8. The van der Waals surface area contributed by atoms with Gasteiger partial charge in [0.05, 0.1) is 16.8 Å². The normalized spacial score (nSPS) is 11.0. The minimum absolute atomic E-state index is 0.1000. The summed E-state index contributed by atoms with van der Waals surface area (Å²) in [7, 11) is 0. The highest BCUT2D eigenvalue weighted by Crippen LogP contribution is 2.15. The molecule has 1 aromatic carbocycles. The lowest BCUT2D eigenvalue weighted by molar-refractivity contribution is 0.0696. The fourth-order valence-electron chi connectivity index (χ4n) is 2.35. The van der Waals surface area contributed by atoms with Gasteiger partial charge in [0.15, 0.2) is 5.78 Å². The molecule has 0 radical (unpaired) electrons. The van der Waals surface area contributed by atoms with Crippen LogP contribution in [0.4, 0.5) is 0 Å². The number of carbonyl (C=O) groups is 2. The van der Waals surface area contributed by atoms with Crippen molar-refractivity contribution in [3.05, 3.63) is 58.4 Å². The van der Waals surface area contributed by atoms with Crippen molar-refractivity contribution in [2.75, 3.05) is 0 Å². The number of aromatic nitrogens is 2. The van der Waals surface area contributed by atoms with Crippen molar-refractivity contribution in [3.8, 4) is 0 Å². The molecular formula is C17H18N2O3. The highest BCUT2D eigenvalue weighted by molar-refractivity contribution is 6.08. The lowest BCUT2D eigenvalue weighted by Gasteiger charge is -2.00. The van der Waals surface area contributed by atoms with Crippen molar-refractivity contribution in [2.45, 2.75) is 27.3 Å². The van der Waals surface area contributed by atoms with Gasteiger partial charge in [-0.05, 0) is 44.5 Å². The largest absolute Gasteiger partial charge is 0.478 e. The number of hydrogen-bond donors (Lipinski definition) is 1. The first-order valence-corrected chi connectivity index (χ1v) is 7.03. The molecule has 0 unspecified atom stereocenters. The van der Waals surface area contributed by atoms with Crippen LogP contribution in [0.15, 0.2) is 30.3 Å². The quantitative estimate of drug-likeness (QED) is 0.680. The molecule has 0 saturated heterocycles. The maximum Gasteiger partial charge on any atom is 0.335 e. The summed E-state index contributed by atoms with van der Waals surface area (Å²) in [5.74, 6) is -1.07. The van der Waals surface area contributed by atoms with Crippen LogP contribution in [0.3, 0.4) is 0 Å². The average Bonchev–Trinajstić information content (AvgIpc) is 2.79. The summed E-state index contributed by atoms with van der Waals surface area (Å²) < 4.78 is 1.80. The number of carboxylic acids is 1. The third kappa shape index (κ3) is 3.14. The Kier molecular flexibility index (Phi) is 4.56. The molecule has 1 heterocycles. The molecule has 1 N–H and O–H groups in total. The zero-order chi connectivity index (χ0) is 16.3. The molecule has 5 nitrogen and oxygen atoms in total. The molecule has 0 bridgehead atoms. The van der Waals surface area contributed by atoms with E-state index in [0.29, 0.717) is 5.56 Å². The van der Waals surface area contributed by atoms with Crippen LogP contribution in [0, 0.1) is 13.8 Å². The molecule has 0 amide bonds. The number of carboxylic acid groups (broad SMARTS) is 1. The van der Waals surface area contributed by atoms with Gasteiger partial charge in [-0.1, -0.05) is 18.2 Å². The number of nitrogens with zero attached hydrogens (tertiary/aromatic N) is 2. The van der Waals surface area contributed by atoms with Gasteiger partial charge in [0.25, 0.3) is 0 Å². The van der Waals surface area contributed by atoms with Gasteiger partial charge in [-0.25, -0.2) is 4.79 Å². The van der Waals surface area contributed by atoms with Crippen LogP contribution in [-0.4, -0.2) is 26.6 Å². The lowest BCUT2D eigenvalue weighted by Crippen LogP contribution is -2.02. The van der Waals surface area contributed by atoms with E-state index in [0.717, 1.165) is 23.5 Å². The third-order valence-corrected chi connectivity index (χ3v) is 3.51. The van der Waals surface area contributed by atoms with E-state index in [9.17, 15) is 9.59 Å². The second kappa shape index (κ2) is 6.39. The Hall–Kier alpha value is -2.69. The SMILES string of the molecule is CCn1nc(C)c(C(=O)C=Cc2ccc(C(=O)O)cc2)c1C. The maximum absolute atomic E-state index is 12.3. The molecule has 0 aliphatic carbocycles. The Bertz CT molecular complexity index is 740. The lowest BCUT2D eigenvalue weighted by atomic mass is 10.1. The standard InChI is InChI=1S/C17H18N2O3/c1-4-19-12(3)16(11(2)18-19)15(20)10-7-13-5-8-14(9-6-13)17(21)22/h5-10H,4H2,1-3H3,(H,21,22). The van der Waals surface area contributed by atoms with Gasteiger partial charge in [0, 0.05) is 12.2 Å². The second-order valence-corrected chi connectivity index (χ2v) is 4.99. The first-order valence-electron chi connectivity index (χ1n) is 7.03. The van der Waals surface area contributed by atoms with Crippen LogP contribution in [0.1, 0.15) is 44.6 Å². The summed E-state index contributed by atoms with van der Waals surface area (Å²) in [5.41, 5.74) is 3.20. The number of aromatic carboxylic acids is 1. The molecule has 114 valence electrons. The predicted molar refractivity (Wildman–Crippen MR) is 84.1 cm³/mol. The van der Waals surface area contributed by atoms with Crippen molar-refractivity contribution in [1.82, 2.24) is 9.78 Å². The van der Waals surface area contributed by atoms with E-state index >= 15 is 0 Å². The van der Waals surface area contributed by atoms with Gasteiger partial charge in [-0.3, -0.25) is 9.48 Å². The molecule has 0 aliphatic heterocycles. The molecule has 0 saturated carbocycles. The predicted octanol–water partition coefficient (Wildman–Crippen LogP) is 3.11. The molecule has 0 spiro atoms. The van der Waals surface area contributed by atoms with E-state index in [-0.39, 0.29) is 11.3 Å². The molecular weight excluding hydrogens is 280 g/mol. The van der Waals surface area contributed by atoms with E-state index in [4.69, 9.17) is 5.11 Å².